The summed E-state index contributed by atoms with van der Waals surface area (Å²) in [6.07, 6.45) is -1.65. The molecule has 0 bridgehead atoms. The van der Waals surface area contributed by atoms with Crippen LogP contribution in [0.5, 0.6) is 0 Å². The lowest BCUT2D eigenvalue weighted by Gasteiger charge is -2.37. The minimum Gasteiger partial charge on any atom is -0.360 e. The van der Waals surface area contributed by atoms with Gasteiger partial charge in [-0.3, -0.25) is 0 Å². The molecule has 0 aliphatic carbocycles. The second-order valence-corrected chi connectivity index (χ2v) is 9.44. The molecule has 0 amide bonds. The van der Waals surface area contributed by atoms with Crippen LogP contribution in [-0.2, 0) is 29.3 Å². The zero-order valence-electron chi connectivity index (χ0n) is 20.9. The molecule has 2 aliphatic rings. The highest BCUT2D eigenvalue weighted by atomic mass is 16.8. The molecule has 2 saturated heterocycles. The monoisotopic (exact) mass is 484 g/mol. The molecule has 5 rings (SSSR count). The lowest BCUT2D eigenvalue weighted by atomic mass is 9.80. The van der Waals surface area contributed by atoms with Gasteiger partial charge in [0.2, 0.25) is 0 Å². The Morgan fingerprint density at radius 1 is 0.806 bits per heavy atom. The first-order valence-electron chi connectivity index (χ1n) is 12.4. The average Bonchev–Trinajstić information content (AvgIpc) is 3.38. The summed E-state index contributed by atoms with van der Waals surface area (Å²) in [5, 5.41) is 0. The largest absolute Gasteiger partial charge is 0.360 e. The fraction of sp³-hybridized carbons (Fsp3) is 0.355. The molecular formula is C31H32O5. The van der Waals surface area contributed by atoms with Crippen LogP contribution in [0.1, 0.15) is 37.5 Å². The van der Waals surface area contributed by atoms with Crippen molar-refractivity contribution in [2.24, 2.45) is 0 Å². The summed E-state index contributed by atoms with van der Waals surface area (Å²) in [5.74, 6) is 5.13. The minimum atomic E-state index is -0.848. The molecule has 0 N–H and O–H groups in total. The van der Waals surface area contributed by atoms with Crippen molar-refractivity contribution in [3.05, 3.63) is 108 Å². The van der Waals surface area contributed by atoms with Crippen LogP contribution in [0.4, 0.5) is 0 Å². The van der Waals surface area contributed by atoms with Gasteiger partial charge in [0, 0.05) is 0 Å². The highest BCUT2D eigenvalue weighted by molar-refractivity contribution is 5.47. The van der Waals surface area contributed by atoms with E-state index in [1.54, 1.807) is 6.92 Å². The third-order valence-electron chi connectivity index (χ3n) is 6.62. The molecule has 0 unspecified atom stereocenters. The van der Waals surface area contributed by atoms with E-state index in [1.807, 2.05) is 68.4 Å². The standard InChI is InChI=1S/C31H32O5/c1-4-5-21-32-27-26(34-29-28(27)35-30(2,3)36-29)22-33-31(23-15-9-6-10-16-23,24-17-11-7-12-18-24)25-19-13-8-14-20-25/h6-20,26-29H,21-22H2,1-3H3/t26-,27+,28-,29-/m1/s1. The zero-order valence-corrected chi connectivity index (χ0v) is 20.9. The van der Waals surface area contributed by atoms with Gasteiger partial charge in [-0.15, -0.1) is 5.92 Å². The Bertz CT molecular complexity index is 1090. The molecule has 0 saturated carbocycles. The molecule has 5 heteroatoms. The van der Waals surface area contributed by atoms with Gasteiger partial charge in [0.25, 0.3) is 0 Å². The highest BCUT2D eigenvalue weighted by Gasteiger charge is 2.56. The normalized spacial score (nSPS) is 24.6. The number of fused-ring (bicyclic) bond motifs is 1. The lowest BCUT2D eigenvalue weighted by Crippen LogP contribution is -2.42. The van der Waals surface area contributed by atoms with Crippen LogP contribution in [-0.4, -0.2) is 43.6 Å². The first kappa shape index (κ1) is 24.7. The fourth-order valence-electron chi connectivity index (χ4n) is 5.07. The second-order valence-electron chi connectivity index (χ2n) is 9.44. The Morgan fingerprint density at radius 2 is 1.33 bits per heavy atom. The molecule has 0 radical (unpaired) electrons. The van der Waals surface area contributed by atoms with Gasteiger partial charge in [-0.05, 0) is 37.5 Å². The third kappa shape index (κ3) is 4.84. The van der Waals surface area contributed by atoms with Crippen molar-refractivity contribution in [1.29, 1.82) is 0 Å². The maximum atomic E-state index is 6.97. The molecule has 4 atom stereocenters. The van der Waals surface area contributed by atoms with E-state index in [4.69, 9.17) is 23.7 Å². The van der Waals surface area contributed by atoms with Crippen LogP contribution in [0.25, 0.3) is 0 Å². The Hall–Kier alpha value is -2.98. The van der Waals surface area contributed by atoms with Gasteiger partial charge in [-0.2, -0.15) is 0 Å². The van der Waals surface area contributed by atoms with Crippen LogP contribution >= 0.6 is 0 Å². The number of rotatable bonds is 8. The predicted molar refractivity (Wildman–Crippen MR) is 137 cm³/mol. The summed E-state index contributed by atoms with van der Waals surface area (Å²) in [6.45, 7) is 6.12. The van der Waals surface area contributed by atoms with E-state index in [2.05, 4.69) is 48.2 Å². The number of hydrogen-bond acceptors (Lipinski definition) is 5. The van der Waals surface area contributed by atoms with Gasteiger partial charge in [-0.1, -0.05) is 96.9 Å². The number of benzene rings is 3. The molecule has 2 fully saturated rings. The summed E-state index contributed by atoms with van der Waals surface area (Å²) in [5.41, 5.74) is 2.25. The smallest absolute Gasteiger partial charge is 0.190 e. The summed E-state index contributed by atoms with van der Waals surface area (Å²) in [7, 11) is 0. The van der Waals surface area contributed by atoms with Gasteiger partial charge < -0.3 is 23.7 Å². The molecule has 3 aromatic rings. The molecule has 0 spiro atoms. The van der Waals surface area contributed by atoms with Gasteiger partial charge in [0.05, 0.1) is 6.61 Å². The Kier molecular flexibility index (Phi) is 7.25. The van der Waals surface area contributed by atoms with E-state index in [0.717, 1.165) is 16.7 Å². The highest BCUT2D eigenvalue weighted by Crippen LogP contribution is 2.43. The van der Waals surface area contributed by atoms with Gasteiger partial charge in [0.15, 0.2) is 12.1 Å². The van der Waals surface area contributed by atoms with E-state index in [9.17, 15) is 0 Å². The van der Waals surface area contributed by atoms with E-state index < -0.39 is 23.8 Å². The number of hydrogen-bond donors (Lipinski definition) is 0. The van der Waals surface area contributed by atoms with E-state index in [-0.39, 0.29) is 25.4 Å². The number of ether oxygens (including phenoxy) is 5. The third-order valence-corrected chi connectivity index (χ3v) is 6.62. The van der Waals surface area contributed by atoms with Gasteiger partial charge >= 0.3 is 0 Å². The van der Waals surface area contributed by atoms with Crippen molar-refractivity contribution < 1.29 is 23.7 Å². The maximum absolute atomic E-state index is 6.97. The molecule has 2 aliphatic heterocycles. The topological polar surface area (TPSA) is 46.2 Å². The van der Waals surface area contributed by atoms with Crippen LogP contribution < -0.4 is 0 Å². The summed E-state index contributed by atoms with van der Waals surface area (Å²) in [6, 6.07) is 30.9. The first-order chi connectivity index (χ1) is 17.5. The van der Waals surface area contributed by atoms with Crippen molar-refractivity contribution in [2.45, 2.75) is 56.8 Å². The Morgan fingerprint density at radius 3 is 1.83 bits per heavy atom. The first-order valence-corrected chi connectivity index (χ1v) is 12.4. The van der Waals surface area contributed by atoms with Crippen LogP contribution in [0, 0.1) is 11.8 Å². The van der Waals surface area contributed by atoms with Crippen molar-refractivity contribution >= 4 is 0 Å². The Balaban J connectivity index is 1.51. The van der Waals surface area contributed by atoms with Gasteiger partial charge in [-0.25, -0.2) is 0 Å². The zero-order chi connectivity index (χ0) is 25.0. The van der Waals surface area contributed by atoms with E-state index in [1.165, 1.54) is 0 Å². The quantitative estimate of drug-likeness (QED) is 0.322. The molecular weight excluding hydrogens is 452 g/mol. The molecule has 36 heavy (non-hydrogen) atoms. The summed E-state index contributed by atoms with van der Waals surface area (Å²) < 4.78 is 31.6. The van der Waals surface area contributed by atoms with Crippen molar-refractivity contribution in [1.82, 2.24) is 0 Å². The fourth-order valence-corrected chi connectivity index (χ4v) is 5.07. The van der Waals surface area contributed by atoms with Crippen LogP contribution in [0.2, 0.25) is 0 Å². The molecule has 3 aromatic carbocycles. The van der Waals surface area contributed by atoms with Gasteiger partial charge in [0.1, 0.15) is 30.5 Å². The molecule has 2 heterocycles. The Labute approximate surface area is 213 Å². The maximum Gasteiger partial charge on any atom is 0.190 e. The minimum absolute atomic E-state index is 0.267. The average molecular weight is 485 g/mol. The summed E-state index contributed by atoms with van der Waals surface area (Å²) >= 11 is 0. The van der Waals surface area contributed by atoms with Crippen molar-refractivity contribution in [3.8, 4) is 11.8 Å². The molecule has 0 aromatic heterocycles. The molecule has 5 nitrogen and oxygen atoms in total. The predicted octanol–water partition coefficient (Wildman–Crippen LogP) is 5.28. The van der Waals surface area contributed by atoms with Crippen LogP contribution in [0.15, 0.2) is 91.0 Å². The lowest BCUT2D eigenvalue weighted by molar-refractivity contribution is -0.226. The SMILES string of the molecule is CC#CCO[C@@H]1[C@H]2OC(C)(C)O[C@H]2O[C@@H]1COC(c1ccccc1)(c1ccccc1)c1ccccc1. The molecule has 186 valence electrons. The van der Waals surface area contributed by atoms with E-state index >= 15 is 0 Å². The van der Waals surface area contributed by atoms with Crippen LogP contribution in [0.3, 0.4) is 0 Å². The second kappa shape index (κ2) is 10.6. The van der Waals surface area contributed by atoms with E-state index in [0.29, 0.717) is 0 Å². The van der Waals surface area contributed by atoms with Crippen molar-refractivity contribution in [2.75, 3.05) is 13.2 Å². The van der Waals surface area contributed by atoms with Crippen molar-refractivity contribution in [3.63, 3.8) is 0 Å². The summed E-state index contributed by atoms with van der Waals surface area (Å²) in [4.78, 5) is 0.